The second-order valence-electron chi connectivity index (χ2n) is 8.29. The number of rotatable bonds is 16. The second-order valence-corrected chi connectivity index (χ2v) is 9.27. The number of aromatic nitrogens is 2. The van der Waals surface area contributed by atoms with Crippen LogP contribution in [0.2, 0.25) is 0 Å². The molecule has 0 aliphatic carbocycles. The van der Waals surface area contributed by atoms with Gasteiger partial charge in [-0.3, -0.25) is 19.2 Å². The van der Waals surface area contributed by atoms with Crippen molar-refractivity contribution in [2.75, 3.05) is 12.0 Å². The molecule has 1 heterocycles. The molecule has 0 spiro atoms. The molecule has 196 valence electrons. The monoisotopic (exact) mass is 514 g/mol. The van der Waals surface area contributed by atoms with Gasteiger partial charge in [-0.05, 0) is 30.8 Å². The number of carboxylic acid groups (broad SMARTS) is 2. The Bertz CT molecular complexity index is 864. The van der Waals surface area contributed by atoms with Crippen molar-refractivity contribution in [3.63, 3.8) is 0 Å². The number of aliphatic carboxylic acids is 2. The van der Waals surface area contributed by atoms with Crippen LogP contribution in [-0.2, 0) is 30.4 Å². The fourth-order valence-corrected chi connectivity index (χ4v) is 3.44. The lowest BCUT2D eigenvalue weighted by atomic mass is 10.0. The van der Waals surface area contributed by atoms with Gasteiger partial charge in [-0.2, -0.15) is 11.8 Å². The molecule has 0 aliphatic heterocycles. The number of nitrogens with zero attached hydrogens (tertiary/aromatic N) is 1. The zero-order chi connectivity index (χ0) is 26.5. The van der Waals surface area contributed by atoms with Gasteiger partial charge in [0.1, 0.15) is 18.1 Å². The van der Waals surface area contributed by atoms with Crippen molar-refractivity contribution in [1.82, 2.24) is 25.9 Å². The van der Waals surface area contributed by atoms with Crippen molar-refractivity contribution in [2.24, 2.45) is 11.7 Å². The minimum absolute atomic E-state index is 0.0470. The highest BCUT2D eigenvalue weighted by Crippen LogP contribution is 2.07. The van der Waals surface area contributed by atoms with E-state index in [0.717, 1.165) is 0 Å². The number of H-pyrrole nitrogens is 1. The number of carbonyl (C=O) groups is 5. The Labute approximate surface area is 207 Å². The molecular weight excluding hydrogens is 480 g/mol. The average Bonchev–Trinajstić information content (AvgIpc) is 3.30. The van der Waals surface area contributed by atoms with Crippen molar-refractivity contribution in [3.8, 4) is 0 Å². The Balaban J connectivity index is 2.98. The molecule has 4 unspecified atom stereocenters. The van der Waals surface area contributed by atoms with Gasteiger partial charge in [0, 0.05) is 24.7 Å². The SMILES string of the molecule is CSCCC(NC(=O)C(CCC(=O)O)NC(=O)C(N)C(C)C)C(=O)NC(Cc1cnc[nH]1)C(=O)O. The number of aromatic amines is 1. The summed E-state index contributed by atoms with van der Waals surface area (Å²) in [4.78, 5) is 67.6. The van der Waals surface area contributed by atoms with E-state index in [1.165, 1.54) is 24.3 Å². The van der Waals surface area contributed by atoms with Gasteiger partial charge >= 0.3 is 11.9 Å². The molecule has 0 fully saturated rings. The maximum absolute atomic E-state index is 13.0. The molecule has 0 aliphatic rings. The summed E-state index contributed by atoms with van der Waals surface area (Å²) < 4.78 is 0. The molecule has 35 heavy (non-hydrogen) atoms. The zero-order valence-electron chi connectivity index (χ0n) is 19.9. The number of hydrogen-bond acceptors (Lipinski definition) is 8. The standard InChI is InChI=1S/C21H34N6O7S/c1-11(2)17(22)20(32)26-13(4-5-16(28)29)18(30)25-14(6-7-35-3)19(31)27-15(21(33)34)8-12-9-23-10-24-12/h9-11,13-15,17H,4-8,22H2,1-3H3,(H,23,24)(H,25,30)(H,26,32)(H,27,31)(H,28,29)(H,33,34). The van der Waals surface area contributed by atoms with Gasteiger partial charge in [0.15, 0.2) is 0 Å². The first-order valence-electron chi connectivity index (χ1n) is 11.0. The van der Waals surface area contributed by atoms with Crippen LogP contribution < -0.4 is 21.7 Å². The molecule has 1 rings (SSSR count). The molecule has 1 aromatic heterocycles. The third-order valence-corrected chi connectivity index (χ3v) is 5.78. The summed E-state index contributed by atoms with van der Waals surface area (Å²) in [5, 5.41) is 25.9. The van der Waals surface area contributed by atoms with Crippen molar-refractivity contribution in [1.29, 1.82) is 0 Å². The van der Waals surface area contributed by atoms with Crippen molar-refractivity contribution in [3.05, 3.63) is 18.2 Å². The van der Waals surface area contributed by atoms with Gasteiger partial charge in [0.25, 0.3) is 0 Å². The van der Waals surface area contributed by atoms with Crippen LogP contribution in [0.15, 0.2) is 12.5 Å². The van der Waals surface area contributed by atoms with Crippen LogP contribution in [0.3, 0.4) is 0 Å². The van der Waals surface area contributed by atoms with Crippen LogP contribution in [0, 0.1) is 5.92 Å². The second kappa shape index (κ2) is 15.0. The van der Waals surface area contributed by atoms with Crippen LogP contribution in [-0.4, -0.2) is 86.0 Å². The summed E-state index contributed by atoms with van der Waals surface area (Å²) in [5.41, 5.74) is 6.33. The lowest BCUT2D eigenvalue weighted by Gasteiger charge is -2.25. The summed E-state index contributed by atoms with van der Waals surface area (Å²) in [6, 6.07) is -4.54. The predicted octanol–water partition coefficient (Wildman–Crippen LogP) is -0.908. The summed E-state index contributed by atoms with van der Waals surface area (Å²) in [5.74, 6) is -4.29. The highest BCUT2D eigenvalue weighted by molar-refractivity contribution is 7.98. The number of amides is 3. The quantitative estimate of drug-likeness (QED) is 0.144. The minimum Gasteiger partial charge on any atom is -0.481 e. The number of imidazole rings is 1. The smallest absolute Gasteiger partial charge is 0.326 e. The van der Waals surface area contributed by atoms with Gasteiger partial charge in [0.2, 0.25) is 17.7 Å². The van der Waals surface area contributed by atoms with E-state index in [1.54, 1.807) is 20.1 Å². The van der Waals surface area contributed by atoms with E-state index >= 15 is 0 Å². The molecule has 13 nitrogen and oxygen atoms in total. The average molecular weight is 515 g/mol. The number of hydrogen-bond donors (Lipinski definition) is 7. The van der Waals surface area contributed by atoms with E-state index in [-0.39, 0.29) is 25.2 Å². The first kappa shape index (κ1) is 29.9. The van der Waals surface area contributed by atoms with Gasteiger partial charge in [-0.1, -0.05) is 13.8 Å². The Morgan fingerprint density at radius 1 is 1.00 bits per heavy atom. The number of carbonyl (C=O) groups excluding carboxylic acids is 3. The molecule has 1 aromatic rings. The molecule has 0 saturated heterocycles. The molecule has 14 heteroatoms. The molecule has 8 N–H and O–H groups in total. The van der Waals surface area contributed by atoms with Gasteiger partial charge in [0.05, 0.1) is 12.4 Å². The van der Waals surface area contributed by atoms with E-state index in [9.17, 15) is 29.1 Å². The van der Waals surface area contributed by atoms with Gasteiger partial charge in [-0.15, -0.1) is 0 Å². The highest BCUT2D eigenvalue weighted by atomic mass is 32.2. The summed E-state index contributed by atoms with van der Waals surface area (Å²) in [7, 11) is 0. The predicted molar refractivity (Wildman–Crippen MR) is 128 cm³/mol. The van der Waals surface area contributed by atoms with Crippen LogP contribution in [0.4, 0.5) is 0 Å². The maximum atomic E-state index is 13.0. The molecule has 0 bridgehead atoms. The van der Waals surface area contributed by atoms with Crippen molar-refractivity contribution >= 4 is 41.4 Å². The normalized spacial score (nSPS) is 14.4. The lowest BCUT2D eigenvalue weighted by Crippen LogP contribution is -2.57. The first-order valence-corrected chi connectivity index (χ1v) is 12.4. The van der Waals surface area contributed by atoms with E-state index in [2.05, 4.69) is 25.9 Å². The van der Waals surface area contributed by atoms with Crippen LogP contribution in [0.1, 0.15) is 38.8 Å². The highest BCUT2D eigenvalue weighted by Gasteiger charge is 2.31. The number of nitrogens with one attached hydrogen (secondary N) is 4. The van der Waals surface area contributed by atoms with Crippen molar-refractivity contribution in [2.45, 2.75) is 63.7 Å². The third kappa shape index (κ3) is 10.8. The first-order chi connectivity index (χ1) is 16.5. The van der Waals surface area contributed by atoms with Crippen LogP contribution in [0.25, 0.3) is 0 Å². The third-order valence-electron chi connectivity index (χ3n) is 5.14. The summed E-state index contributed by atoms with van der Waals surface area (Å²) in [6.07, 6.45) is 4.14. The van der Waals surface area contributed by atoms with Crippen LogP contribution >= 0.6 is 11.8 Å². The summed E-state index contributed by atoms with van der Waals surface area (Å²) >= 11 is 1.42. The fourth-order valence-electron chi connectivity index (χ4n) is 2.97. The fraction of sp³-hybridized carbons (Fsp3) is 0.619. The van der Waals surface area contributed by atoms with Gasteiger partial charge < -0.3 is 36.9 Å². The molecular formula is C21H34N6O7S. The molecule has 0 radical (unpaired) electrons. The Morgan fingerprint density at radius 2 is 1.57 bits per heavy atom. The maximum Gasteiger partial charge on any atom is 0.326 e. The zero-order valence-corrected chi connectivity index (χ0v) is 20.8. The van der Waals surface area contributed by atoms with E-state index in [0.29, 0.717) is 11.4 Å². The Morgan fingerprint density at radius 3 is 2.06 bits per heavy atom. The number of nitrogens with two attached hydrogens (primary N) is 1. The number of carboxylic acids is 2. The minimum atomic E-state index is -1.27. The molecule has 4 atom stereocenters. The van der Waals surface area contributed by atoms with E-state index in [4.69, 9.17) is 10.8 Å². The van der Waals surface area contributed by atoms with E-state index in [1.807, 2.05) is 0 Å². The number of thioether (sulfide) groups is 1. The molecule has 3 amide bonds. The van der Waals surface area contributed by atoms with Gasteiger partial charge in [-0.25, -0.2) is 9.78 Å². The van der Waals surface area contributed by atoms with Crippen molar-refractivity contribution < 1.29 is 34.2 Å². The lowest BCUT2D eigenvalue weighted by molar-refractivity contribution is -0.142. The Kier molecular flexibility index (Phi) is 12.8. The van der Waals surface area contributed by atoms with Crippen LogP contribution in [0.5, 0.6) is 0 Å². The molecule has 0 aromatic carbocycles. The Hall–Kier alpha value is -3.13. The largest absolute Gasteiger partial charge is 0.481 e. The topological polar surface area (TPSA) is 217 Å². The molecule has 0 saturated carbocycles. The summed E-state index contributed by atoms with van der Waals surface area (Å²) in [6.45, 7) is 3.45. The van der Waals surface area contributed by atoms with E-state index < -0.39 is 60.2 Å².